The lowest BCUT2D eigenvalue weighted by atomic mass is 10.1. The van der Waals surface area contributed by atoms with E-state index in [1.807, 2.05) is 48.5 Å². The second kappa shape index (κ2) is 12.5. The van der Waals surface area contributed by atoms with E-state index in [4.69, 9.17) is 14.2 Å². The number of methoxy groups -OCH3 is 2. The molecule has 2 aromatic heterocycles. The minimum absolute atomic E-state index is 0.240. The minimum atomic E-state index is -0.783. The number of aromatic nitrogens is 4. The number of carbonyl (C=O) groups excluding carboxylic acids is 2. The Kier molecular flexibility index (Phi) is 8.47. The third-order valence-electron chi connectivity index (χ3n) is 6.99. The van der Waals surface area contributed by atoms with Gasteiger partial charge in [0.2, 0.25) is 0 Å². The Balaban J connectivity index is 1.34. The first kappa shape index (κ1) is 27.7. The number of amides is 2. The van der Waals surface area contributed by atoms with Gasteiger partial charge < -0.3 is 29.3 Å². The predicted molar refractivity (Wildman–Crippen MR) is 152 cm³/mol. The first-order chi connectivity index (χ1) is 20.0. The van der Waals surface area contributed by atoms with Gasteiger partial charge in [-0.3, -0.25) is 0 Å². The summed E-state index contributed by atoms with van der Waals surface area (Å²) in [6.45, 7) is 3.95. The molecular formula is C29H33N7O5. The molecule has 0 aliphatic carbocycles. The van der Waals surface area contributed by atoms with Crippen LogP contribution < -0.4 is 19.7 Å². The smallest absolute Gasteiger partial charge is 0.329 e. The average molecular weight is 560 g/mol. The van der Waals surface area contributed by atoms with Gasteiger partial charge in [0.1, 0.15) is 18.2 Å². The van der Waals surface area contributed by atoms with Crippen molar-refractivity contribution in [3.63, 3.8) is 0 Å². The van der Waals surface area contributed by atoms with Gasteiger partial charge in [0.15, 0.2) is 11.5 Å². The maximum atomic E-state index is 13.3. The van der Waals surface area contributed by atoms with Crippen LogP contribution in [0.2, 0.25) is 0 Å². The molecule has 12 heteroatoms. The van der Waals surface area contributed by atoms with Crippen LogP contribution in [-0.2, 0) is 16.0 Å². The first-order valence-electron chi connectivity index (χ1n) is 13.4. The zero-order valence-corrected chi connectivity index (χ0v) is 23.3. The van der Waals surface area contributed by atoms with E-state index in [1.54, 1.807) is 36.8 Å². The van der Waals surface area contributed by atoms with Crippen LogP contribution in [0.15, 0.2) is 61.1 Å². The van der Waals surface area contributed by atoms with E-state index in [0.29, 0.717) is 49.9 Å². The summed E-state index contributed by atoms with van der Waals surface area (Å²) in [4.78, 5) is 38.5. The largest absolute Gasteiger partial charge is 0.493 e. The zero-order valence-electron chi connectivity index (χ0n) is 23.3. The van der Waals surface area contributed by atoms with Gasteiger partial charge in [0, 0.05) is 44.4 Å². The Morgan fingerprint density at radius 1 is 0.976 bits per heavy atom. The molecule has 4 aromatic rings. The molecule has 1 aliphatic heterocycles. The van der Waals surface area contributed by atoms with Crippen molar-refractivity contribution in [3.8, 4) is 22.6 Å². The summed E-state index contributed by atoms with van der Waals surface area (Å²) in [5, 5.41) is 7.32. The monoisotopic (exact) mass is 559 g/mol. The lowest BCUT2D eigenvalue weighted by Crippen LogP contribution is -2.55. The van der Waals surface area contributed by atoms with Gasteiger partial charge in [-0.2, -0.15) is 14.6 Å². The van der Waals surface area contributed by atoms with E-state index in [2.05, 4.69) is 25.3 Å². The second-order valence-corrected chi connectivity index (χ2v) is 9.46. The van der Waals surface area contributed by atoms with Crippen LogP contribution >= 0.6 is 0 Å². The summed E-state index contributed by atoms with van der Waals surface area (Å²) >= 11 is 0. The van der Waals surface area contributed by atoms with Gasteiger partial charge in [0.25, 0.3) is 5.78 Å². The summed E-state index contributed by atoms with van der Waals surface area (Å²) < 4.78 is 17.9. The zero-order chi connectivity index (χ0) is 28.8. The van der Waals surface area contributed by atoms with E-state index in [0.717, 1.165) is 22.5 Å². The number of nitrogens with zero attached hydrogens (tertiary/aromatic N) is 6. The van der Waals surface area contributed by atoms with Crippen LogP contribution in [-0.4, -0.2) is 89.5 Å². The molecule has 3 heterocycles. The van der Waals surface area contributed by atoms with E-state index in [-0.39, 0.29) is 12.6 Å². The molecule has 214 valence electrons. The molecular weight excluding hydrogens is 526 g/mol. The Bertz CT molecular complexity index is 1500. The first-order valence-corrected chi connectivity index (χ1v) is 13.4. The van der Waals surface area contributed by atoms with Gasteiger partial charge in [-0.05, 0) is 30.2 Å². The number of hydrogen-bond donors (Lipinski definition) is 1. The Morgan fingerprint density at radius 3 is 2.44 bits per heavy atom. The van der Waals surface area contributed by atoms with Crippen LogP contribution in [0.25, 0.3) is 16.9 Å². The third-order valence-corrected chi connectivity index (χ3v) is 6.99. The number of hydrogen-bond acceptors (Lipinski definition) is 9. The SMILES string of the molecule is CCOC(=O)[C@H](Cc1ccccc1)NC(=O)N1CCN(c2c(-c3ccc(OC)c(OC)c3)cnc3ncnn23)CC1. The van der Waals surface area contributed by atoms with E-state index in [1.165, 1.54) is 6.33 Å². The van der Waals surface area contributed by atoms with Crippen molar-refractivity contribution in [1.29, 1.82) is 0 Å². The van der Waals surface area contributed by atoms with Gasteiger partial charge in [0.05, 0.1) is 20.8 Å². The molecule has 1 fully saturated rings. The van der Waals surface area contributed by atoms with Gasteiger partial charge >= 0.3 is 12.0 Å². The Morgan fingerprint density at radius 2 is 1.73 bits per heavy atom. The molecule has 41 heavy (non-hydrogen) atoms. The molecule has 0 radical (unpaired) electrons. The highest BCUT2D eigenvalue weighted by molar-refractivity contribution is 5.84. The summed E-state index contributed by atoms with van der Waals surface area (Å²) in [5.74, 6) is 2.06. The fourth-order valence-electron chi connectivity index (χ4n) is 4.93. The second-order valence-electron chi connectivity index (χ2n) is 9.46. The van der Waals surface area contributed by atoms with E-state index >= 15 is 0 Å². The normalized spacial score (nSPS) is 14.0. The summed E-state index contributed by atoms with van der Waals surface area (Å²) in [5.41, 5.74) is 2.65. The third kappa shape index (κ3) is 6.01. The number of urea groups is 1. The fourth-order valence-corrected chi connectivity index (χ4v) is 4.93. The Hall–Kier alpha value is -4.87. The quantitative estimate of drug-likeness (QED) is 0.308. The molecule has 0 spiro atoms. The Labute approximate surface area is 237 Å². The highest BCUT2D eigenvalue weighted by atomic mass is 16.5. The van der Waals surface area contributed by atoms with Crippen LogP contribution in [0.4, 0.5) is 10.6 Å². The van der Waals surface area contributed by atoms with E-state index in [9.17, 15) is 9.59 Å². The van der Waals surface area contributed by atoms with Crippen molar-refractivity contribution in [2.45, 2.75) is 19.4 Å². The minimum Gasteiger partial charge on any atom is -0.493 e. The van der Waals surface area contributed by atoms with Crippen molar-refractivity contribution in [3.05, 3.63) is 66.6 Å². The predicted octanol–water partition coefficient (Wildman–Crippen LogP) is 2.81. The fraction of sp³-hybridized carbons (Fsp3) is 0.345. The molecule has 12 nitrogen and oxygen atoms in total. The highest BCUT2D eigenvalue weighted by Gasteiger charge is 2.29. The number of benzene rings is 2. The van der Waals surface area contributed by atoms with Crippen LogP contribution in [0.3, 0.4) is 0 Å². The molecule has 0 bridgehead atoms. The maximum absolute atomic E-state index is 13.3. The number of carbonyl (C=O) groups is 2. The number of nitrogens with one attached hydrogen (secondary N) is 1. The van der Waals surface area contributed by atoms with Gasteiger partial charge in [-0.25, -0.2) is 14.6 Å². The molecule has 1 N–H and O–H groups in total. The van der Waals surface area contributed by atoms with Crippen molar-refractivity contribution in [1.82, 2.24) is 29.8 Å². The maximum Gasteiger partial charge on any atom is 0.329 e. The molecule has 1 saturated heterocycles. The molecule has 1 aliphatic rings. The number of ether oxygens (including phenoxy) is 3. The van der Waals surface area contributed by atoms with Crippen molar-refractivity contribution in [2.75, 3.05) is 51.9 Å². The summed E-state index contributed by atoms with van der Waals surface area (Å²) in [6.07, 6.45) is 3.59. The number of rotatable bonds is 9. The highest BCUT2D eigenvalue weighted by Crippen LogP contribution is 2.36. The van der Waals surface area contributed by atoms with Crippen molar-refractivity contribution in [2.24, 2.45) is 0 Å². The molecule has 0 unspecified atom stereocenters. The van der Waals surface area contributed by atoms with E-state index < -0.39 is 12.0 Å². The standard InChI is InChI=1S/C29H33N7O5/c1-4-41-27(37)23(16-20-8-6-5-7-9-20)33-29(38)35-14-12-34(13-15-35)26-22(18-30-28-31-19-32-36(26)28)21-10-11-24(39-2)25(17-21)40-3/h5-11,17-19,23H,4,12-16H2,1-3H3,(H,33,38)/t23-/m0/s1. The molecule has 2 aromatic carbocycles. The van der Waals surface area contributed by atoms with Gasteiger partial charge in [-0.15, -0.1) is 0 Å². The summed E-state index contributed by atoms with van der Waals surface area (Å²) in [7, 11) is 3.19. The molecule has 2 amide bonds. The lowest BCUT2D eigenvalue weighted by molar-refractivity contribution is -0.145. The summed E-state index contributed by atoms with van der Waals surface area (Å²) in [6, 6.07) is 14.2. The number of anilines is 1. The molecule has 1 atom stereocenters. The number of esters is 1. The van der Waals surface area contributed by atoms with Crippen LogP contribution in [0.1, 0.15) is 12.5 Å². The number of fused-ring (bicyclic) bond motifs is 1. The van der Waals surface area contributed by atoms with Crippen molar-refractivity contribution < 1.29 is 23.8 Å². The molecule has 0 saturated carbocycles. The van der Waals surface area contributed by atoms with Gasteiger partial charge in [-0.1, -0.05) is 36.4 Å². The van der Waals surface area contributed by atoms with Crippen molar-refractivity contribution >= 4 is 23.6 Å². The number of piperazine rings is 1. The lowest BCUT2D eigenvalue weighted by Gasteiger charge is -2.37. The average Bonchev–Trinajstić information content (AvgIpc) is 3.49. The molecule has 5 rings (SSSR count). The topological polar surface area (TPSA) is 123 Å². The van der Waals surface area contributed by atoms with Crippen LogP contribution in [0.5, 0.6) is 11.5 Å². The van der Waals surface area contributed by atoms with Crippen LogP contribution in [0, 0.1) is 0 Å².